The Morgan fingerprint density at radius 2 is 1.79 bits per heavy atom. The summed E-state index contributed by atoms with van der Waals surface area (Å²) in [4.78, 5) is 37.8. The molecule has 0 radical (unpaired) electrons. The zero-order valence-corrected chi connectivity index (χ0v) is 21.6. The van der Waals surface area contributed by atoms with Gasteiger partial charge in [-0.2, -0.15) is 10.1 Å². The molecule has 2 amide bonds. The summed E-state index contributed by atoms with van der Waals surface area (Å²) in [5.41, 5.74) is 0.570. The fourth-order valence-electron chi connectivity index (χ4n) is 4.68. The molecule has 8 nitrogen and oxygen atoms in total. The van der Waals surface area contributed by atoms with Gasteiger partial charge >= 0.3 is 5.97 Å². The molecular weight excluding hydrogens is 560 g/mol. The standard InChI is InChI=1S/C23H24Br2N2O6/c1-4-31-15-9-14(18(24)19(25)20(15)33-11(3)23(30)32-5-2)10-26-27-21(28)16-12-6-7-13(8-12)17(16)22(27)29/h6-7,9-13,16-17H,4-5,8H2,1-3H3/t11-,12+,13+,16-,17+/m1/s1. The van der Waals surface area contributed by atoms with Gasteiger partial charge in [0, 0.05) is 10.0 Å². The number of hydrogen-bond donors (Lipinski definition) is 0. The van der Waals surface area contributed by atoms with E-state index in [9.17, 15) is 14.4 Å². The van der Waals surface area contributed by atoms with Gasteiger partial charge in [-0.05, 0) is 77.0 Å². The lowest BCUT2D eigenvalue weighted by Crippen LogP contribution is -2.28. The molecule has 33 heavy (non-hydrogen) atoms. The number of benzene rings is 1. The Labute approximate surface area is 208 Å². The van der Waals surface area contributed by atoms with Crippen LogP contribution in [0.4, 0.5) is 0 Å². The normalized spacial score (nSPS) is 26.3. The van der Waals surface area contributed by atoms with Gasteiger partial charge in [-0.3, -0.25) is 9.59 Å². The van der Waals surface area contributed by atoms with Crippen molar-refractivity contribution in [2.75, 3.05) is 13.2 Å². The molecule has 1 aromatic carbocycles. The van der Waals surface area contributed by atoms with Gasteiger partial charge in [0.1, 0.15) is 0 Å². The number of imide groups is 1. The number of rotatable bonds is 8. The lowest BCUT2D eigenvalue weighted by atomic mass is 9.85. The highest BCUT2D eigenvalue weighted by Crippen LogP contribution is 2.52. The minimum Gasteiger partial charge on any atom is -0.490 e. The number of amides is 2. The Morgan fingerprint density at radius 1 is 1.15 bits per heavy atom. The second kappa shape index (κ2) is 9.58. The summed E-state index contributed by atoms with van der Waals surface area (Å²) >= 11 is 6.99. The number of fused-ring (bicyclic) bond motifs is 5. The molecule has 2 aliphatic carbocycles. The largest absolute Gasteiger partial charge is 0.490 e. The predicted octanol–water partition coefficient (Wildman–Crippen LogP) is 4.08. The van der Waals surface area contributed by atoms with Gasteiger partial charge in [-0.15, -0.1) is 0 Å². The lowest BCUT2D eigenvalue weighted by molar-refractivity contribution is -0.150. The van der Waals surface area contributed by atoms with Crippen LogP contribution in [-0.2, 0) is 19.1 Å². The molecule has 5 atom stereocenters. The van der Waals surface area contributed by atoms with E-state index in [0.717, 1.165) is 11.4 Å². The smallest absolute Gasteiger partial charge is 0.347 e. The number of hydrogen-bond acceptors (Lipinski definition) is 7. The van der Waals surface area contributed by atoms with Crippen LogP contribution in [0.1, 0.15) is 32.8 Å². The van der Waals surface area contributed by atoms with E-state index < -0.39 is 12.1 Å². The van der Waals surface area contributed by atoms with Gasteiger partial charge < -0.3 is 14.2 Å². The summed E-state index contributed by atoms with van der Waals surface area (Å²) in [7, 11) is 0. The van der Waals surface area contributed by atoms with Crippen molar-refractivity contribution in [3.05, 3.63) is 32.7 Å². The molecule has 1 aliphatic heterocycles. The third-order valence-electron chi connectivity index (χ3n) is 6.13. The van der Waals surface area contributed by atoms with E-state index >= 15 is 0 Å². The SMILES string of the molecule is CCOC(=O)[C@@H](C)Oc1c(OCC)cc(C=NN2C(=O)[C@@H]3[C@H](C2=O)[C@H]2C=C[C@H]3C2)c(Br)c1Br. The highest BCUT2D eigenvalue weighted by atomic mass is 79.9. The van der Waals surface area contributed by atoms with Gasteiger partial charge in [0.15, 0.2) is 17.6 Å². The molecule has 1 heterocycles. The van der Waals surface area contributed by atoms with Crippen molar-refractivity contribution in [2.24, 2.45) is 28.8 Å². The highest BCUT2D eigenvalue weighted by molar-refractivity contribution is 9.13. The first kappa shape index (κ1) is 23.9. The maximum atomic E-state index is 12.9. The molecular formula is C23H24Br2N2O6. The fourth-order valence-corrected chi connectivity index (χ4v) is 5.59. The average molecular weight is 584 g/mol. The Hall–Kier alpha value is -2.20. The second-order valence-electron chi connectivity index (χ2n) is 8.10. The van der Waals surface area contributed by atoms with Crippen molar-refractivity contribution in [2.45, 2.75) is 33.3 Å². The molecule has 4 rings (SSSR count). The van der Waals surface area contributed by atoms with Gasteiger partial charge in [-0.25, -0.2) is 4.79 Å². The molecule has 1 saturated carbocycles. The molecule has 0 N–H and O–H groups in total. The van der Waals surface area contributed by atoms with E-state index in [1.807, 2.05) is 19.1 Å². The van der Waals surface area contributed by atoms with Crippen LogP contribution in [0.5, 0.6) is 11.5 Å². The van der Waals surface area contributed by atoms with E-state index in [4.69, 9.17) is 14.2 Å². The van der Waals surface area contributed by atoms with Crippen LogP contribution in [0.3, 0.4) is 0 Å². The Kier molecular flexibility index (Phi) is 6.95. The topological polar surface area (TPSA) is 94.5 Å². The van der Waals surface area contributed by atoms with E-state index in [0.29, 0.717) is 32.6 Å². The van der Waals surface area contributed by atoms with Crippen LogP contribution in [0.15, 0.2) is 32.3 Å². The predicted molar refractivity (Wildman–Crippen MR) is 127 cm³/mol. The monoisotopic (exact) mass is 582 g/mol. The molecule has 10 heteroatoms. The zero-order valence-electron chi connectivity index (χ0n) is 18.4. The molecule has 2 bridgehead atoms. The molecule has 2 fully saturated rings. The quantitative estimate of drug-likeness (QED) is 0.198. The number of carbonyl (C=O) groups excluding carboxylic acids is 3. The number of nitrogens with zero attached hydrogens (tertiary/aromatic N) is 2. The first-order chi connectivity index (χ1) is 15.8. The fraction of sp³-hybridized carbons (Fsp3) is 0.478. The summed E-state index contributed by atoms with van der Waals surface area (Å²) in [6.07, 6.45) is 5.55. The van der Waals surface area contributed by atoms with E-state index in [2.05, 4.69) is 37.0 Å². The molecule has 1 saturated heterocycles. The van der Waals surface area contributed by atoms with Crippen molar-refractivity contribution in [3.8, 4) is 11.5 Å². The van der Waals surface area contributed by atoms with Crippen molar-refractivity contribution in [1.82, 2.24) is 5.01 Å². The van der Waals surface area contributed by atoms with Crippen LogP contribution in [0.2, 0.25) is 0 Å². The van der Waals surface area contributed by atoms with Crippen molar-refractivity contribution < 1.29 is 28.6 Å². The second-order valence-corrected chi connectivity index (χ2v) is 9.68. The number of esters is 1. The zero-order chi connectivity index (χ0) is 23.9. The average Bonchev–Trinajstić information content (AvgIpc) is 3.47. The number of ether oxygens (including phenoxy) is 3. The van der Waals surface area contributed by atoms with E-state index in [1.165, 1.54) is 6.21 Å². The third kappa shape index (κ3) is 4.23. The van der Waals surface area contributed by atoms with E-state index in [1.54, 1.807) is 19.9 Å². The molecule has 0 aromatic heterocycles. The first-order valence-electron chi connectivity index (χ1n) is 10.9. The number of carbonyl (C=O) groups is 3. The molecule has 0 unspecified atom stereocenters. The van der Waals surface area contributed by atoms with Gasteiger partial charge in [0.2, 0.25) is 0 Å². The van der Waals surface area contributed by atoms with Crippen LogP contribution < -0.4 is 9.47 Å². The Morgan fingerprint density at radius 3 is 2.36 bits per heavy atom. The number of halogens is 2. The summed E-state index contributed by atoms with van der Waals surface area (Å²) < 4.78 is 17.6. The maximum Gasteiger partial charge on any atom is 0.347 e. The van der Waals surface area contributed by atoms with Gasteiger partial charge in [0.25, 0.3) is 11.8 Å². The van der Waals surface area contributed by atoms with Crippen molar-refractivity contribution in [1.29, 1.82) is 0 Å². The molecule has 1 aromatic rings. The minimum atomic E-state index is -0.852. The Balaban J connectivity index is 1.60. The highest BCUT2D eigenvalue weighted by Gasteiger charge is 2.59. The third-order valence-corrected chi connectivity index (χ3v) is 8.27. The van der Waals surface area contributed by atoms with Crippen LogP contribution in [0, 0.1) is 23.7 Å². The maximum absolute atomic E-state index is 12.9. The van der Waals surface area contributed by atoms with Crippen LogP contribution >= 0.6 is 31.9 Å². The van der Waals surface area contributed by atoms with Crippen molar-refractivity contribution >= 4 is 55.9 Å². The molecule has 3 aliphatic rings. The van der Waals surface area contributed by atoms with Gasteiger partial charge in [-0.1, -0.05) is 12.2 Å². The number of hydrazone groups is 1. The van der Waals surface area contributed by atoms with E-state index in [-0.39, 0.29) is 42.1 Å². The number of allylic oxidation sites excluding steroid dienone is 2. The first-order valence-corrected chi connectivity index (χ1v) is 12.4. The minimum absolute atomic E-state index is 0.125. The summed E-state index contributed by atoms with van der Waals surface area (Å²) in [5.74, 6) is -0.648. The molecule has 176 valence electrons. The summed E-state index contributed by atoms with van der Waals surface area (Å²) in [5, 5.41) is 5.24. The Bertz CT molecular complexity index is 1030. The van der Waals surface area contributed by atoms with Crippen LogP contribution in [0.25, 0.3) is 0 Å². The lowest BCUT2D eigenvalue weighted by Gasteiger charge is -2.19. The van der Waals surface area contributed by atoms with Crippen LogP contribution in [-0.4, -0.2) is 48.3 Å². The molecule has 0 spiro atoms. The summed E-state index contributed by atoms with van der Waals surface area (Å²) in [6.45, 7) is 5.74. The van der Waals surface area contributed by atoms with Crippen molar-refractivity contribution in [3.63, 3.8) is 0 Å². The summed E-state index contributed by atoms with van der Waals surface area (Å²) in [6, 6.07) is 1.67. The van der Waals surface area contributed by atoms with Gasteiger partial charge in [0.05, 0.1) is 35.7 Å².